The average Bonchev–Trinajstić information content (AvgIpc) is 3.07. The molecular weight excluding hydrogens is 298 g/mol. The Bertz CT molecular complexity index is 503. The van der Waals surface area contributed by atoms with E-state index in [2.05, 4.69) is 21.2 Å². The number of hydrogen-bond donors (Lipinski definition) is 1. The number of benzene rings is 1. The molecule has 0 radical (unpaired) electrons. The molecule has 94 valence electrons. The smallest absolute Gasteiger partial charge is 0.268 e. The molecule has 1 fully saturated rings. The maximum atomic E-state index is 11.8. The van der Waals surface area contributed by atoms with Crippen molar-refractivity contribution < 1.29 is 14.3 Å². The number of hydrogen-bond acceptors (Lipinski definition) is 3. The Morgan fingerprint density at radius 3 is 2.67 bits per heavy atom. The Morgan fingerprint density at radius 2 is 2.00 bits per heavy atom. The van der Waals surface area contributed by atoms with Crippen molar-refractivity contribution in [2.75, 3.05) is 5.32 Å². The van der Waals surface area contributed by atoms with Gasteiger partial charge >= 0.3 is 0 Å². The minimum absolute atomic E-state index is 0.0736. The summed E-state index contributed by atoms with van der Waals surface area (Å²) in [6.07, 6.45) is 4.47. The van der Waals surface area contributed by atoms with Gasteiger partial charge in [0.05, 0.1) is 11.3 Å². The zero-order valence-electron chi connectivity index (χ0n) is 9.56. The molecule has 4 nitrogen and oxygen atoms in total. The zero-order chi connectivity index (χ0) is 12.5. The van der Waals surface area contributed by atoms with Crippen molar-refractivity contribution in [2.45, 2.75) is 19.1 Å². The summed E-state index contributed by atoms with van der Waals surface area (Å²) in [7, 11) is 0. The second-order valence-corrected chi connectivity index (χ2v) is 5.29. The molecule has 3 rings (SSSR count). The molecule has 1 amide bonds. The van der Waals surface area contributed by atoms with Crippen LogP contribution in [-0.4, -0.2) is 5.91 Å². The summed E-state index contributed by atoms with van der Waals surface area (Å²) in [5.74, 6) is 0.245. The maximum absolute atomic E-state index is 11.8. The lowest BCUT2D eigenvalue weighted by atomic mass is 10.1. The highest BCUT2D eigenvalue weighted by Crippen LogP contribution is 2.35. The summed E-state index contributed by atoms with van der Waals surface area (Å²) in [5, 5.41) is 2.93. The molecular formula is C13H12BrNO3. The molecule has 1 aliphatic heterocycles. The van der Waals surface area contributed by atoms with Gasteiger partial charge in [-0.15, -0.1) is 0 Å². The molecule has 0 unspecified atom stereocenters. The van der Waals surface area contributed by atoms with Crippen molar-refractivity contribution in [3.05, 3.63) is 40.8 Å². The molecule has 0 atom stereocenters. The Balaban J connectivity index is 1.84. The van der Waals surface area contributed by atoms with Crippen LogP contribution in [0.3, 0.4) is 0 Å². The molecule has 5 heteroatoms. The molecule has 2 aliphatic rings. The van der Waals surface area contributed by atoms with E-state index in [0.29, 0.717) is 0 Å². The third-order valence-corrected chi connectivity index (χ3v) is 3.43. The van der Waals surface area contributed by atoms with E-state index < -0.39 is 6.29 Å². The van der Waals surface area contributed by atoms with Crippen LogP contribution in [0.25, 0.3) is 0 Å². The number of halogens is 1. The Labute approximate surface area is 113 Å². The van der Waals surface area contributed by atoms with Gasteiger partial charge in [-0.05, 0) is 31.0 Å². The summed E-state index contributed by atoms with van der Waals surface area (Å²) in [4.78, 5) is 11.8. The molecule has 0 bridgehead atoms. The van der Waals surface area contributed by atoms with Gasteiger partial charge in [-0.25, -0.2) is 0 Å². The van der Waals surface area contributed by atoms with E-state index in [0.717, 1.165) is 28.6 Å². The van der Waals surface area contributed by atoms with Crippen LogP contribution in [0, 0.1) is 5.92 Å². The molecule has 1 aliphatic carbocycles. The fraction of sp³-hybridized carbons (Fsp3) is 0.308. The Morgan fingerprint density at radius 1 is 1.28 bits per heavy atom. The van der Waals surface area contributed by atoms with Crippen LogP contribution >= 0.6 is 15.9 Å². The lowest BCUT2D eigenvalue weighted by molar-refractivity contribution is -0.117. The fourth-order valence-corrected chi connectivity index (χ4v) is 2.19. The molecule has 0 saturated heterocycles. The number of carbonyl (C=O) groups excluding carboxylic acids is 1. The highest BCUT2D eigenvalue weighted by atomic mass is 79.9. The lowest BCUT2D eigenvalue weighted by Crippen LogP contribution is -2.15. The van der Waals surface area contributed by atoms with Crippen LogP contribution in [0.2, 0.25) is 0 Å². The molecule has 1 aromatic rings. The van der Waals surface area contributed by atoms with E-state index >= 15 is 0 Å². The molecule has 1 saturated carbocycles. The predicted molar refractivity (Wildman–Crippen MR) is 69.5 cm³/mol. The van der Waals surface area contributed by atoms with Gasteiger partial charge < -0.3 is 14.8 Å². The third kappa shape index (κ3) is 2.36. The van der Waals surface area contributed by atoms with Crippen LogP contribution in [0.5, 0.6) is 0 Å². The summed E-state index contributed by atoms with van der Waals surface area (Å²) < 4.78 is 11.6. The predicted octanol–water partition coefficient (Wildman–Crippen LogP) is 3.31. The summed E-state index contributed by atoms with van der Waals surface area (Å²) in [6.45, 7) is 0. The monoisotopic (exact) mass is 309 g/mol. The third-order valence-electron chi connectivity index (χ3n) is 2.93. The standard InChI is InChI=1S/C13H12BrNO3/c14-9-3-4-11(15-12(16)8-1-2-8)10(7-9)13-17-5-6-18-13/h3-8,13H,1-2H2,(H,15,16). The molecule has 1 N–H and O–H groups in total. The van der Waals surface area contributed by atoms with E-state index in [4.69, 9.17) is 9.47 Å². The van der Waals surface area contributed by atoms with Gasteiger partial charge in [0.25, 0.3) is 6.29 Å². The highest BCUT2D eigenvalue weighted by molar-refractivity contribution is 9.10. The van der Waals surface area contributed by atoms with Crippen LogP contribution < -0.4 is 5.32 Å². The highest BCUT2D eigenvalue weighted by Gasteiger charge is 2.30. The molecule has 0 spiro atoms. The zero-order valence-corrected chi connectivity index (χ0v) is 11.1. The first kappa shape index (κ1) is 11.6. The van der Waals surface area contributed by atoms with Gasteiger partial charge in [-0.3, -0.25) is 4.79 Å². The maximum Gasteiger partial charge on any atom is 0.268 e. The number of carbonyl (C=O) groups is 1. The number of nitrogens with one attached hydrogen (secondary N) is 1. The first-order chi connectivity index (χ1) is 8.74. The number of rotatable bonds is 3. The van der Waals surface area contributed by atoms with Gasteiger partial charge in [0.1, 0.15) is 12.5 Å². The van der Waals surface area contributed by atoms with E-state index in [1.165, 1.54) is 12.5 Å². The van der Waals surface area contributed by atoms with Gasteiger partial charge in [0, 0.05) is 10.4 Å². The van der Waals surface area contributed by atoms with Crippen LogP contribution in [-0.2, 0) is 14.3 Å². The van der Waals surface area contributed by atoms with Crippen molar-refractivity contribution >= 4 is 27.5 Å². The van der Waals surface area contributed by atoms with Crippen molar-refractivity contribution in [3.8, 4) is 0 Å². The largest absolute Gasteiger partial charge is 0.455 e. The Hall–Kier alpha value is -1.49. The number of amides is 1. The molecule has 1 aromatic carbocycles. The molecule has 1 heterocycles. The van der Waals surface area contributed by atoms with E-state index in [-0.39, 0.29) is 11.8 Å². The van der Waals surface area contributed by atoms with Gasteiger partial charge in [0.15, 0.2) is 0 Å². The minimum Gasteiger partial charge on any atom is -0.455 e. The summed E-state index contributed by atoms with van der Waals surface area (Å²) in [6, 6.07) is 5.62. The molecule has 0 aromatic heterocycles. The van der Waals surface area contributed by atoms with Crippen LogP contribution in [0.15, 0.2) is 35.2 Å². The number of ether oxygens (including phenoxy) is 2. The van der Waals surface area contributed by atoms with E-state index in [1.54, 1.807) is 0 Å². The van der Waals surface area contributed by atoms with Crippen LogP contribution in [0.4, 0.5) is 5.69 Å². The normalized spacial score (nSPS) is 18.3. The summed E-state index contributed by atoms with van der Waals surface area (Å²) >= 11 is 3.41. The average molecular weight is 310 g/mol. The van der Waals surface area contributed by atoms with E-state index in [9.17, 15) is 4.79 Å². The van der Waals surface area contributed by atoms with Gasteiger partial charge in [0.2, 0.25) is 5.91 Å². The first-order valence-corrected chi connectivity index (χ1v) is 6.59. The second kappa shape index (κ2) is 4.65. The fourth-order valence-electron chi connectivity index (χ4n) is 1.81. The van der Waals surface area contributed by atoms with Crippen LogP contribution in [0.1, 0.15) is 24.7 Å². The molecule has 18 heavy (non-hydrogen) atoms. The summed E-state index contributed by atoms with van der Waals surface area (Å²) in [5.41, 5.74) is 1.55. The first-order valence-electron chi connectivity index (χ1n) is 5.80. The van der Waals surface area contributed by atoms with Crippen molar-refractivity contribution in [1.29, 1.82) is 0 Å². The Kier molecular flexibility index (Phi) is 2.99. The van der Waals surface area contributed by atoms with Gasteiger partial charge in [-0.1, -0.05) is 15.9 Å². The SMILES string of the molecule is O=C(Nc1ccc(Br)cc1C1OC=CO1)C1CC1. The topological polar surface area (TPSA) is 47.6 Å². The van der Waals surface area contributed by atoms with Crippen molar-refractivity contribution in [1.82, 2.24) is 0 Å². The van der Waals surface area contributed by atoms with Crippen molar-refractivity contribution in [3.63, 3.8) is 0 Å². The van der Waals surface area contributed by atoms with E-state index in [1.807, 2.05) is 18.2 Å². The lowest BCUT2D eigenvalue weighted by Gasteiger charge is -2.16. The quantitative estimate of drug-likeness (QED) is 0.931. The number of anilines is 1. The van der Waals surface area contributed by atoms with Gasteiger partial charge in [-0.2, -0.15) is 0 Å². The minimum atomic E-state index is -0.489. The second-order valence-electron chi connectivity index (χ2n) is 4.37. The van der Waals surface area contributed by atoms with Crippen molar-refractivity contribution in [2.24, 2.45) is 5.92 Å².